The van der Waals surface area contributed by atoms with E-state index >= 15 is 0 Å². The second-order valence-corrected chi connectivity index (χ2v) is 6.27. The third-order valence-corrected chi connectivity index (χ3v) is 4.16. The fourth-order valence-electron chi connectivity index (χ4n) is 1.47. The Morgan fingerprint density at radius 2 is 2.05 bits per heavy atom. The average molecular weight is 296 g/mol. The van der Waals surface area contributed by atoms with Gasteiger partial charge >= 0.3 is 5.97 Å². The van der Waals surface area contributed by atoms with Gasteiger partial charge in [-0.1, -0.05) is 5.92 Å². The van der Waals surface area contributed by atoms with Crippen LogP contribution in [0.15, 0.2) is 23.1 Å². The largest absolute Gasteiger partial charge is 0.465 e. The van der Waals surface area contributed by atoms with Gasteiger partial charge in [0.15, 0.2) is 0 Å². The smallest absolute Gasteiger partial charge is 0.339 e. The molecule has 1 aromatic rings. The van der Waals surface area contributed by atoms with E-state index in [9.17, 15) is 13.2 Å². The van der Waals surface area contributed by atoms with Crippen molar-refractivity contribution >= 4 is 21.7 Å². The molecule has 0 unspecified atom stereocenters. The molecule has 1 aromatic carbocycles. The Hall–Kier alpha value is -2.04. The number of hydrogen-bond donors (Lipinski definition) is 2. The monoisotopic (exact) mass is 296 g/mol. The number of rotatable bonds is 4. The Morgan fingerprint density at radius 1 is 1.45 bits per heavy atom. The van der Waals surface area contributed by atoms with Crippen molar-refractivity contribution in [2.45, 2.75) is 24.3 Å². The SMILES string of the molecule is C#CC(C)(C)NS(=O)(=O)c1ccc(N)cc1C(=O)OC. The number of carbonyl (C=O) groups excluding carboxylic acids is 1. The summed E-state index contributed by atoms with van der Waals surface area (Å²) < 4.78 is 31.5. The zero-order chi connectivity index (χ0) is 15.6. The normalized spacial score (nSPS) is 11.7. The lowest BCUT2D eigenvalue weighted by Crippen LogP contribution is -2.42. The standard InChI is InChI=1S/C13H16N2O4S/c1-5-13(2,3)15-20(17,18)11-7-6-9(14)8-10(11)12(16)19-4/h1,6-8,15H,14H2,2-4H3. The zero-order valence-electron chi connectivity index (χ0n) is 11.4. The third kappa shape index (κ3) is 3.50. The van der Waals surface area contributed by atoms with Crippen molar-refractivity contribution in [1.29, 1.82) is 0 Å². The summed E-state index contributed by atoms with van der Waals surface area (Å²) in [6.07, 6.45) is 5.25. The number of nitrogens with one attached hydrogen (secondary N) is 1. The maximum absolute atomic E-state index is 12.3. The molecule has 0 amide bonds. The van der Waals surface area contributed by atoms with Crippen molar-refractivity contribution < 1.29 is 17.9 Å². The van der Waals surface area contributed by atoms with Gasteiger partial charge in [-0.25, -0.2) is 13.2 Å². The number of nitrogen functional groups attached to an aromatic ring is 1. The minimum absolute atomic E-state index is 0.146. The van der Waals surface area contributed by atoms with Crippen LogP contribution in [0.25, 0.3) is 0 Å². The summed E-state index contributed by atoms with van der Waals surface area (Å²) in [5, 5.41) is 0. The van der Waals surface area contributed by atoms with Crippen LogP contribution in [0, 0.1) is 12.3 Å². The van der Waals surface area contributed by atoms with Gasteiger partial charge in [-0.2, -0.15) is 4.72 Å². The molecule has 0 atom stereocenters. The molecule has 0 bridgehead atoms. The molecule has 0 saturated carbocycles. The average Bonchev–Trinajstić information content (AvgIpc) is 2.36. The van der Waals surface area contributed by atoms with Crippen LogP contribution in [-0.2, 0) is 14.8 Å². The first-order chi connectivity index (χ1) is 9.13. The molecular formula is C13H16N2O4S. The first kappa shape index (κ1) is 16.0. The predicted octanol–water partition coefficient (Wildman–Crippen LogP) is 0.746. The van der Waals surface area contributed by atoms with Crippen molar-refractivity contribution in [3.63, 3.8) is 0 Å². The summed E-state index contributed by atoms with van der Waals surface area (Å²) in [4.78, 5) is 11.4. The van der Waals surface area contributed by atoms with E-state index in [4.69, 9.17) is 12.2 Å². The molecule has 3 N–H and O–H groups in total. The highest BCUT2D eigenvalue weighted by Crippen LogP contribution is 2.21. The third-order valence-electron chi connectivity index (χ3n) is 2.45. The molecule has 0 fully saturated rings. The Kier molecular flexibility index (Phi) is 4.43. The van der Waals surface area contributed by atoms with Crippen molar-refractivity contribution in [2.24, 2.45) is 0 Å². The number of benzene rings is 1. The number of hydrogen-bond acceptors (Lipinski definition) is 5. The van der Waals surface area contributed by atoms with Gasteiger partial charge in [-0.15, -0.1) is 6.42 Å². The zero-order valence-corrected chi connectivity index (χ0v) is 12.2. The van der Waals surface area contributed by atoms with Crippen LogP contribution in [-0.4, -0.2) is 27.0 Å². The molecule has 0 aliphatic rings. The number of terminal acetylenes is 1. The second kappa shape index (κ2) is 5.53. The van der Waals surface area contributed by atoms with Gasteiger partial charge in [0, 0.05) is 5.69 Å². The highest BCUT2D eigenvalue weighted by molar-refractivity contribution is 7.89. The Balaban J connectivity index is 3.40. The summed E-state index contributed by atoms with van der Waals surface area (Å²) in [5.74, 6) is 1.51. The summed E-state index contributed by atoms with van der Waals surface area (Å²) in [7, 11) is -2.83. The van der Waals surface area contributed by atoms with Gasteiger partial charge in [0.2, 0.25) is 10.0 Å². The van der Waals surface area contributed by atoms with E-state index in [0.717, 1.165) is 7.11 Å². The minimum atomic E-state index is -3.98. The quantitative estimate of drug-likeness (QED) is 0.485. The Bertz CT molecular complexity index is 672. The molecule has 0 aliphatic heterocycles. The van der Waals surface area contributed by atoms with E-state index in [1.165, 1.54) is 32.0 Å². The van der Waals surface area contributed by atoms with Crippen LogP contribution in [0.3, 0.4) is 0 Å². The van der Waals surface area contributed by atoms with Crippen LogP contribution < -0.4 is 10.5 Å². The molecule has 1 rings (SSSR count). The first-order valence-electron chi connectivity index (χ1n) is 5.62. The topological polar surface area (TPSA) is 98.5 Å². The number of anilines is 1. The molecule has 0 radical (unpaired) electrons. The van der Waals surface area contributed by atoms with Gasteiger partial charge in [0.25, 0.3) is 0 Å². The maximum Gasteiger partial charge on any atom is 0.339 e. The summed E-state index contributed by atoms with van der Waals surface area (Å²) >= 11 is 0. The number of carbonyl (C=O) groups is 1. The molecule has 20 heavy (non-hydrogen) atoms. The number of esters is 1. The van der Waals surface area contributed by atoms with Gasteiger partial charge < -0.3 is 10.5 Å². The van der Waals surface area contributed by atoms with Gasteiger partial charge in [-0.05, 0) is 32.0 Å². The molecule has 0 spiro atoms. The van der Waals surface area contributed by atoms with E-state index in [1.807, 2.05) is 0 Å². The fourth-order valence-corrected chi connectivity index (χ4v) is 2.99. The summed E-state index contributed by atoms with van der Waals surface area (Å²) in [6, 6.07) is 3.85. The lowest BCUT2D eigenvalue weighted by Gasteiger charge is -2.20. The molecule has 7 heteroatoms. The lowest BCUT2D eigenvalue weighted by molar-refractivity contribution is 0.0596. The molecule has 0 aromatic heterocycles. The van der Waals surface area contributed by atoms with Gasteiger partial charge in [0.05, 0.1) is 23.1 Å². The van der Waals surface area contributed by atoms with Crippen LogP contribution >= 0.6 is 0 Å². The van der Waals surface area contributed by atoms with E-state index < -0.39 is 21.5 Å². The van der Waals surface area contributed by atoms with Crippen LogP contribution in [0.4, 0.5) is 5.69 Å². The summed E-state index contributed by atoms with van der Waals surface area (Å²) in [5.41, 5.74) is 4.58. The molecule has 0 saturated heterocycles. The lowest BCUT2D eigenvalue weighted by atomic mass is 10.1. The van der Waals surface area contributed by atoms with Gasteiger partial charge in [-0.3, -0.25) is 0 Å². The maximum atomic E-state index is 12.3. The van der Waals surface area contributed by atoms with Gasteiger partial charge in [0.1, 0.15) is 0 Å². The first-order valence-corrected chi connectivity index (χ1v) is 7.11. The number of sulfonamides is 1. The molecule has 0 heterocycles. The van der Waals surface area contributed by atoms with E-state index in [-0.39, 0.29) is 16.1 Å². The number of ether oxygens (including phenoxy) is 1. The second-order valence-electron chi connectivity index (χ2n) is 4.62. The Morgan fingerprint density at radius 3 is 2.55 bits per heavy atom. The number of nitrogens with two attached hydrogens (primary N) is 1. The van der Waals surface area contributed by atoms with Crippen LogP contribution in [0.1, 0.15) is 24.2 Å². The van der Waals surface area contributed by atoms with Crippen LogP contribution in [0.5, 0.6) is 0 Å². The van der Waals surface area contributed by atoms with Crippen molar-refractivity contribution in [3.05, 3.63) is 23.8 Å². The van der Waals surface area contributed by atoms with Crippen molar-refractivity contribution in [1.82, 2.24) is 4.72 Å². The summed E-state index contributed by atoms with van der Waals surface area (Å²) in [6.45, 7) is 3.05. The van der Waals surface area contributed by atoms with Crippen molar-refractivity contribution in [3.8, 4) is 12.3 Å². The predicted molar refractivity (Wildman–Crippen MR) is 75.4 cm³/mol. The molecule has 6 nitrogen and oxygen atoms in total. The highest BCUT2D eigenvalue weighted by Gasteiger charge is 2.28. The van der Waals surface area contributed by atoms with Crippen LogP contribution in [0.2, 0.25) is 0 Å². The molecule has 108 valence electrons. The van der Waals surface area contributed by atoms with Crippen molar-refractivity contribution in [2.75, 3.05) is 12.8 Å². The van der Waals surface area contributed by atoms with E-state index in [1.54, 1.807) is 0 Å². The molecular weight excluding hydrogens is 280 g/mol. The molecule has 0 aliphatic carbocycles. The van der Waals surface area contributed by atoms with E-state index in [2.05, 4.69) is 15.4 Å². The Labute approximate surface area is 118 Å². The van der Waals surface area contributed by atoms with E-state index in [0.29, 0.717) is 0 Å². The highest BCUT2D eigenvalue weighted by atomic mass is 32.2. The number of methoxy groups -OCH3 is 1. The fraction of sp³-hybridized carbons (Fsp3) is 0.308. The minimum Gasteiger partial charge on any atom is -0.465 e.